The lowest BCUT2D eigenvalue weighted by Gasteiger charge is -2.25. The van der Waals surface area contributed by atoms with Crippen LogP contribution in [0.4, 0.5) is 11.6 Å². The molecule has 0 saturated carbocycles. The number of rotatable bonds is 8. The molecule has 0 aromatic carbocycles. The van der Waals surface area contributed by atoms with Gasteiger partial charge in [0.05, 0.1) is 6.20 Å². The second-order valence-electron chi connectivity index (χ2n) is 5.43. The lowest BCUT2D eigenvalue weighted by molar-refractivity contribution is 0.412. The average Bonchev–Trinajstić information content (AvgIpc) is 2.91. The summed E-state index contributed by atoms with van der Waals surface area (Å²) in [5.41, 5.74) is 0.920. The highest BCUT2D eigenvalue weighted by Gasteiger charge is 2.14. The van der Waals surface area contributed by atoms with Gasteiger partial charge in [-0.05, 0) is 27.4 Å². The molecule has 21 heavy (non-hydrogen) atoms. The van der Waals surface area contributed by atoms with Crippen LogP contribution in [0.5, 0.6) is 0 Å². The smallest absolute Gasteiger partial charge is 0.180 e. The van der Waals surface area contributed by atoms with Gasteiger partial charge in [0, 0.05) is 38.6 Å². The number of nitrogens with zero attached hydrogens (tertiary/aromatic N) is 5. The van der Waals surface area contributed by atoms with Crippen molar-refractivity contribution in [1.29, 1.82) is 0 Å². The van der Waals surface area contributed by atoms with E-state index < -0.39 is 0 Å². The number of fused-ring (bicyclic) bond motifs is 1. The molecule has 0 spiro atoms. The minimum Gasteiger partial charge on any atom is -0.369 e. The van der Waals surface area contributed by atoms with Crippen LogP contribution in [0.2, 0.25) is 0 Å². The quantitative estimate of drug-likeness (QED) is 0.805. The molecule has 0 bridgehead atoms. The van der Waals surface area contributed by atoms with E-state index >= 15 is 0 Å². The topological polar surface area (TPSA) is 48.7 Å². The van der Waals surface area contributed by atoms with Gasteiger partial charge in [0.25, 0.3) is 0 Å². The Kier molecular flexibility index (Phi) is 5.38. The molecule has 116 valence electrons. The van der Waals surface area contributed by atoms with E-state index in [-0.39, 0.29) is 0 Å². The van der Waals surface area contributed by atoms with Crippen molar-refractivity contribution in [2.75, 3.05) is 50.5 Å². The van der Waals surface area contributed by atoms with E-state index in [0.29, 0.717) is 0 Å². The maximum absolute atomic E-state index is 4.77. The first-order valence-corrected chi connectivity index (χ1v) is 7.63. The van der Waals surface area contributed by atoms with E-state index in [1.165, 1.54) is 0 Å². The van der Waals surface area contributed by atoms with E-state index in [0.717, 1.165) is 49.9 Å². The normalized spacial score (nSPS) is 11.3. The zero-order chi connectivity index (χ0) is 15.2. The molecule has 0 aliphatic carbocycles. The molecule has 2 heterocycles. The number of nitrogens with one attached hydrogen (secondary N) is 1. The molecule has 0 radical (unpaired) electrons. The van der Waals surface area contributed by atoms with Crippen LogP contribution in [0, 0.1) is 0 Å². The van der Waals surface area contributed by atoms with Crippen LogP contribution in [-0.4, -0.2) is 59.5 Å². The maximum Gasteiger partial charge on any atom is 0.180 e. The van der Waals surface area contributed by atoms with Crippen molar-refractivity contribution >= 4 is 17.3 Å². The molecule has 2 aromatic heterocycles. The van der Waals surface area contributed by atoms with Crippen molar-refractivity contribution in [3.63, 3.8) is 0 Å². The predicted octanol–water partition coefficient (Wildman–Crippen LogP) is 1.94. The van der Waals surface area contributed by atoms with Gasteiger partial charge in [0.2, 0.25) is 0 Å². The number of likely N-dealkylation sites (N-methyl/N-ethyl adjacent to an activating group) is 1. The van der Waals surface area contributed by atoms with Gasteiger partial charge in [-0.25, -0.2) is 9.97 Å². The van der Waals surface area contributed by atoms with Crippen LogP contribution >= 0.6 is 0 Å². The first kappa shape index (κ1) is 15.6. The zero-order valence-electron chi connectivity index (χ0n) is 13.5. The van der Waals surface area contributed by atoms with Gasteiger partial charge in [0.1, 0.15) is 5.82 Å². The number of hydrogen-bond acceptors (Lipinski definition) is 5. The fourth-order valence-corrected chi connectivity index (χ4v) is 2.31. The van der Waals surface area contributed by atoms with E-state index in [4.69, 9.17) is 4.98 Å². The Morgan fingerprint density at radius 1 is 1.19 bits per heavy atom. The zero-order valence-corrected chi connectivity index (χ0v) is 13.5. The van der Waals surface area contributed by atoms with Gasteiger partial charge < -0.3 is 19.5 Å². The Bertz CT molecular complexity index is 562. The second-order valence-corrected chi connectivity index (χ2v) is 5.43. The molecule has 0 aliphatic rings. The summed E-state index contributed by atoms with van der Waals surface area (Å²) in [6.07, 6.45) is 6.88. The average molecular weight is 290 g/mol. The standard InChI is InChI=1S/C15H26N6/c1-5-8-20(11-10-19(3)4)15-14-17-7-9-21(14)12-13(18-15)16-6-2/h7,9,12,16H,5-6,8,10-11H2,1-4H3. The van der Waals surface area contributed by atoms with Crippen LogP contribution in [0.1, 0.15) is 20.3 Å². The third kappa shape index (κ3) is 3.85. The molecule has 0 aliphatic heterocycles. The summed E-state index contributed by atoms with van der Waals surface area (Å²) in [6.45, 7) is 8.07. The fourth-order valence-electron chi connectivity index (χ4n) is 2.31. The lowest BCUT2D eigenvalue weighted by atomic mass is 10.3. The summed E-state index contributed by atoms with van der Waals surface area (Å²) >= 11 is 0. The third-order valence-electron chi connectivity index (χ3n) is 3.32. The Morgan fingerprint density at radius 3 is 2.67 bits per heavy atom. The number of imidazole rings is 1. The van der Waals surface area contributed by atoms with Crippen molar-refractivity contribution in [3.05, 3.63) is 18.6 Å². The van der Waals surface area contributed by atoms with Crippen molar-refractivity contribution in [2.24, 2.45) is 0 Å². The first-order valence-electron chi connectivity index (χ1n) is 7.63. The molecule has 6 nitrogen and oxygen atoms in total. The minimum atomic E-state index is 0.859. The summed E-state index contributed by atoms with van der Waals surface area (Å²) in [4.78, 5) is 13.8. The van der Waals surface area contributed by atoms with E-state index in [1.54, 1.807) is 0 Å². The monoisotopic (exact) mass is 290 g/mol. The van der Waals surface area contributed by atoms with E-state index in [2.05, 4.69) is 48.0 Å². The molecular formula is C15H26N6. The van der Waals surface area contributed by atoms with Crippen LogP contribution in [0.25, 0.3) is 5.65 Å². The van der Waals surface area contributed by atoms with E-state index in [9.17, 15) is 0 Å². The van der Waals surface area contributed by atoms with Crippen LogP contribution in [-0.2, 0) is 0 Å². The highest BCUT2D eigenvalue weighted by Crippen LogP contribution is 2.21. The third-order valence-corrected chi connectivity index (χ3v) is 3.32. The van der Waals surface area contributed by atoms with Crippen LogP contribution in [0.15, 0.2) is 18.6 Å². The van der Waals surface area contributed by atoms with Gasteiger partial charge >= 0.3 is 0 Å². The highest BCUT2D eigenvalue weighted by atomic mass is 15.3. The summed E-state index contributed by atoms with van der Waals surface area (Å²) in [5.74, 6) is 1.85. The van der Waals surface area contributed by atoms with E-state index in [1.807, 2.05) is 23.0 Å². The first-order chi connectivity index (χ1) is 10.2. The van der Waals surface area contributed by atoms with Crippen molar-refractivity contribution in [3.8, 4) is 0 Å². The minimum absolute atomic E-state index is 0.859. The Balaban J connectivity index is 2.36. The Hall–Kier alpha value is -1.82. The summed E-state index contributed by atoms with van der Waals surface area (Å²) in [7, 11) is 4.19. The molecule has 0 amide bonds. The van der Waals surface area contributed by atoms with Crippen LogP contribution < -0.4 is 10.2 Å². The summed E-state index contributed by atoms with van der Waals surface area (Å²) < 4.78 is 2.04. The number of anilines is 2. The molecule has 0 saturated heterocycles. The SMILES string of the molecule is CCCN(CCN(C)C)c1nc(NCC)cn2ccnc12. The van der Waals surface area contributed by atoms with Crippen LogP contribution in [0.3, 0.4) is 0 Å². The summed E-state index contributed by atoms with van der Waals surface area (Å²) in [6, 6.07) is 0. The predicted molar refractivity (Wildman–Crippen MR) is 88.2 cm³/mol. The fraction of sp³-hybridized carbons (Fsp3) is 0.600. The molecule has 0 fully saturated rings. The van der Waals surface area contributed by atoms with Crippen molar-refractivity contribution in [1.82, 2.24) is 19.3 Å². The molecule has 0 atom stereocenters. The van der Waals surface area contributed by atoms with Gasteiger partial charge in [-0.3, -0.25) is 0 Å². The molecule has 0 unspecified atom stereocenters. The lowest BCUT2D eigenvalue weighted by Crippen LogP contribution is -2.33. The Labute approximate surface area is 126 Å². The largest absolute Gasteiger partial charge is 0.369 e. The number of aromatic nitrogens is 3. The van der Waals surface area contributed by atoms with Gasteiger partial charge in [-0.2, -0.15) is 0 Å². The Morgan fingerprint density at radius 2 is 2.00 bits per heavy atom. The molecule has 2 aromatic rings. The van der Waals surface area contributed by atoms with Gasteiger partial charge in [-0.1, -0.05) is 6.92 Å². The molecule has 2 rings (SSSR count). The van der Waals surface area contributed by atoms with Gasteiger partial charge in [-0.15, -0.1) is 0 Å². The van der Waals surface area contributed by atoms with Crippen molar-refractivity contribution in [2.45, 2.75) is 20.3 Å². The highest BCUT2D eigenvalue weighted by molar-refractivity contribution is 5.66. The number of hydrogen-bond donors (Lipinski definition) is 1. The summed E-state index contributed by atoms with van der Waals surface area (Å²) in [5, 5.41) is 3.29. The molecular weight excluding hydrogens is 264 g/mol. The second kappa shape index (κ2) is 7.26. The molecule has 6 heteroatoms. The van der Waals surface area contributed by atoms with Gasteiger partial charge in [0.15, 0.2) is 11.5 Å². The maximum atomic E-state index is 4.77. The molecule has 1 N–H and O–H groups in total. The van der Waals surface area contributed by atoms with Crippen molar-refractivity contribution < 1.29 is 0 Å².